The molecule has 1 fully saturated rings. The van der Waals surface area contributed by atoms with E-state index in [4.69, 9.17) is 13.9 Å². The van der Waals surface area contributed by atoms with E-state index in [0.717, 1.165) is 12.0 Å². The first-order chi connectivity index (χ1) is 13.2. The number of anilines is 1. The molecular formula is C18H18N4O5. The molecule has 9 heteroatoms. The van der Waals surface area contributed by atoms with E-state index in [0.29, 0.717) is 36.5 Å². The minimum absolute atomic E-state index is 0.145. The van der Waals surface area contributed by atoms with Crippen molar-refractivity contribution >= 4 is 22.8 Å². The number of non-ortho nitro benzene ring substituents is 1. The van der Waals surface area contributed by atoms with Crippen LogP contribution in [0, 0.1) is 10.1 Å². The monoisotopic (exact) mass is 370 g/mol. The summed E-state index contributed by atoms with van der Waals surface area (Å²) in [7, 11) is 0. The van der Waals surface area contributed by atoms with Crippen molar-refractivity contribution in [1.82, 2.24) is 9.97 Å². The molecule has 3 aromatic rings. The highest BCUT2D eigenvalue weighted by Gasteiger charge is 2.22. The lowest BCUT2D eigenvalue weighted by Crippen LogP contribution is -1.99. The summed E-state index contributed by atoms with van der Waals surface area (Å²) < 4.78 is 16.4. The van der Waals surface area contributed by atoms with Crippen molar-refractivity contribution < 1.29 is 18.8 Å². The largest absolute Gasteiger partial charge is 0.416 e. The Morgan fingerprint density at radius 2 is 2.11 bits per heavy atom. The highest BCUT2D eigenvalue weighted by atomic mass is 16.7. The molecule has 0 spiro atoms. The maximum absolute atomic E-state index is 11.5. The lowest BCUT2D eigenvalue weighted by atomic mass is 10.1. The highest BCUT2D eigenvalue weighted by Crippen LogP contribution is 2.34. The third-order valence-electron chi connectivity index (χ3n) is 4.17. The fourth-order valence-corrected chi connectivity index (χ4v) is 2.87. The maximum atomic E-state index is 11.5. The van der Waals surface area contributed by atoms with Crippen LogP contribution in [0.3, 0.4) is 0 Å². The Bertz CT molecular complexity index is 964. The van der Waals surface area contributed by atoms with Crippen molar-refractivity contribution in [2.24, 2.45) is 0 Å². The third-order valence-corrected chi connectivity index (χ3v) is 4.17. The summed E-state index contributed by atoms with van der Waals surface area (Å²) in [4.78, 5) is 19.7. The van der Waals surface area contributed by atoms with Crippen LogP contribution in [0.25, 0.3) is 22.4 Å². The van der Waals surface area contributed by atoms with Gasteiger partial charge in [0.2, 0.25) is 5.58 Å². The molecule has 1 aromatic carbocycles. The van der Waals surface area contributed by atoms with Crippen LogP contribution in [0.15, 0.2) is 34.9 Å². The van der Waals surface area contributed by atoms with Gasteiger partial charge in [0.25, 0.3) is 6.01 Å². The number of ether oxygens (including phenoxy) is 2. The number of nitro benzene ring substituents is 1. The van der Waals surface area contributed by atoms with E-state index in [-0.39, 0.29) is 17.3 Å². The molecule has 140 valence electrons. The van der Waals surface area contributed by atoms with Crippen molar-refractivity contribution in [2.75, 3.05) is 25.1 Å². The summed E-state index contributed by atoms with van der Waals surface area (Å²) in [6, 6.07) is 7.06. The quantitative estimate of drug-likeness (QED) is 0.517. The molecular weight excluding hydrogens is 352 g/mol. The Labute approximate surface area is 154 Å². The zero-order chi connectivity index (χ0) is 18.8. The van der Waals surface area contributed by atoms with Crippen LogP contribution in [0.1, 0.15) is 25.2 Å². The smallest absolute Gasteiger partial charge is 0.314 e. The molecule has 4 rings (SSSR count). The molecule has 9 nitrogen and oxygen atoms in total. The summed E-state index contributed by atoms with van der Waals surface area (Å²) in [5.74, 6) is 0. The van der Waals surface area contributed by atoms with Gasteiger partial charge in [-0.25, -0.2) is 0 Å². The van der Waals surface area contributed by atoms with Crippen LogP contribution in [-0.4, -0.2) is 34.6 Å². The second kappa shape index (κ2) is 7.29. The van der Waals surface area contributed by atoms with Gasteiger partial charge in [-0.05, 0) is 18.6 Å². The first kappa shape index (κ1) is 17.4. The minimum Gasteiger partial charge on any atom is -0.416 e. The van der Waals surface area contributed by atoms with E-state index in [1.807, 2.05) is 13.0 Å². The van der Waals surface area contributed by atoms with Gasteiger partial charge in [0.15, 0.2) is 6.29 Å². The minimum atomic E-state index is -0.477. The normalized spacial score (nSPS) is 14.7. The van der Waals surface area contributed by atoms with Crippen molar-refractivity contribution in [3.63, 3.8) is 0 Å². The fraction of sp³-hybridized carbons (Fsp3) is 0.333. The van der Waals surface area contributed by atoms with E-state index < -0.39 is 11.2 Å². The SMILES string of the molecule is CCCNc1nc2cc(-c3ccc(C4OCCO4)cn3)cc([N+](=O)[O-])c2o1. The molecule has 0 aliphatic carbocycles. The van der Waals surface area contributed by atoms with Gasteiger partial charge >= 0.3 is 5.69 Å². The number of aromatic nitrogens is 2. The van der Waals surface area contributed by atoms with Crippen molar-refractivity contribution in [2.45, 2.75) is 19.6 Å². The first-order valence-corrected chi connectivity index (χ1v) is 8.68. The number of nitro groups is 1. The first-order valence-electron chi connectivity index (χ1n) is 8.68. The van der Waals surface area contributed by atoms with E-state index in [2.05, 4.69) is 15.3 Å². The Morgan fingerprint density at radius 3 is 2.78 bits per heavy atom. The standard InChI is InChI=1S/C18H18N4O5/c1-2-5-19-18-21-14-8-12(9-15(22(23)24)16(14)27-18)13-4-3-11(10-20-13)17-25-6-7-26-17/h3-4,8-10,17H,2,5-7H2,1H3,(H,19,21). The molecule has 0 amide bonds. The molecule has 1 aliphatic heterocycles. The molecule has 1 N–H and O–H groups in total. The molecule has 1 aliphatic rings. The van der Waals surface area contributed by atoms with Gasteiger partial charge in [-0.15, -0.1) is 0 Å². The molecule has 0 radical (unpaired) electrons. The van der Waals surface area contributed by atoms with E-state index in [9.17, 15) is 10.1 Å². The van der Waals surface area contributed by atoms with Crippen molar-refractivity contribution in [3.8, 4) is 11.3 Å². The molecule has 1 saturated heterocycles. The average Bonchev–Trinajstić information content (AvgIpc) is 3.35. The van der Waals surface area contributed by atoms with Gasteiger partial charge in [-0.3, -0.25) is 15.1 Å². The fourth-order valence-electron chi connectivity index (χ4n) is 2.87. The number of rotatable bonds is 6. The predicted octanol–water partition coefficient (Wildman–Crippen LogP) is 3.67. The Hall–Kier alpha value is -3.04. The van der Waals surface area contributed by atoms with Gasteiger partial charge in [-0.2, -0.15) is 4.98 Å². The molecule has 0 bridgehead atoms. The van der Waals surface area contributed by atoms with Gasteiger partial charge in [0, 0.05) is 29.9 Å². The average molecular weight is 370 g/mol. The van der Waals surface area contributed by atoms with Gasteiger partial charge in [0.1, 0.15) is 5.52 Å². The van der Waals surface area contributed by atoms with E-state index >= 15 is 0 Å². The summed E-state index contributed by atoms with van der Waals surface area (Å²) in [5, 5.41) is 14.5. The number of benzene rings is 1. The molecule has 3 heterocycles. The number of nitrogens with zero attached hydrogens (tertiary/aromatic N) is 3. The van der Waals surface area contributed by atoms with Crippen molar-refractivity contribution in [1.29, 1.82) is 0 Å². The predicted molar refractivity (Wildman–Crippen MR) is 97.3 cm³/mol. The Balaban J connectivity index is 1.71. The third kappa shape index (κ3) is 3.46. The summed E-state index contributed by atoms with van der Waals surface area (Å²) in [5.41, 5.74) is 2.39. The molecule has 0 atom stereocenters. The van der Waals surface area contributed by atoms with Gasteiger partial charge in [-0.1, -0.05) is 13.0 Å². The number of hydrogen-bond donors (Lipinski definition) is 1. The number of hydrogen-bond acceptors (Lipinski definition) is 8. The second-order valence-corrected chi connectivity index (χ2v) is 6.10. The van der Waals surface area contributed by atoms with E-state index in [1.54, 1.807) is 18.3 Å². The zero-order valence-corrected chi connectivity index (χ0v) is 14.7. The summed E-state index contributed by atoms with van der Waals surface area (Å²) >= 11 is 0. The lowest BCUT2D eigenvalue weighted by molar-refractivity contribution is -0.383. The molecule has 0 unspecified atom stereocenters. The highest BCUT2D eigenvalue weighted by molar-refractivity contribution is 5.88. The van der Waals surface area contributed by atoms with Crippen LogP contribution >= 0.6 is 0 Å². The second-order valence-electron chi connectivity index (χ2n) is 6.10. The van der Waals surface area contributed by atoms with Crippen LogP contribution in [0.4, 0.5) is 11.7 Å². The number of pyridine rings is 1. The van der Waals surface area contributed by atoms with Gasteiger partial charge < -0.3 is 19.2 Å². The Morgan fingerprint density at radius 1 is 1.30 bits per heavy atom. The molecule has 0 saturated carbocycles. The number of nitrogens with one attached hydrogen (secondary N) is 1. The number of fused-ring (bicyclic) bond motifs is 1. The molecule has 2 aromatic heterocycles. The van der Waals surface area contributed by atoms with Crippen molar-refractivity contribution in [3.05, 3.63) is 46.1 Å². The zero-order valence-electron chi connectivity index (χ0n) is 14.7. The summed E-state index contributed by atoms with van der Waals surface area (Å²) in [6.45, 7) is 3.78. The lowest BCUT2D eigenvalue weighted by Gasteiger charge is -2.09. The van der Waals surface area contributed by atoms with Crippen LogP contribution in [0.2, 0.25) is 0 Å². The number of oxazole rings is 1. The Kier molecular flexibility index (Phi) is 4.69. The topological polar surface area (TPSA) is 113 Å². The van der Waals surface area contributed by atoms with E-state index in [1.165, 1.54) is 6.07 Å². The van der Waals surface area contributed by atoms with Crippen LogP contribution in [0.5, 0.6) is 0 Å². The molecule has 27 heavy (non-hydrogen) atoms. The van der Waals surface area contributed by atoms with Gasteiger partial charge in [0.05, 0.1) is 23.8 Å². The maximum Gasteiger partial charge on any atom is 0.314 e. The van der Waals surface area contributed by atoms with Crippen LogP contribution in [-0.2, 0) is 9.47 Å². The van der Waals surface area contributed by atoms with Crippen LogP contribution < -0.4 is 5.32 Å². The summed E-state index contributed by atoms with van der Waals surface area (Å²) in [6.07, 6.45) is 2.13.